The van der Waals surface area contributed by atoms with Crippen molar-refractivity contribution >= 4 is 11.9 Å². The molecule has 1 aliphatic rings. The average Bonchev–Trinajstić information content (AvgIpc) is 2.45. The van der Waals surface area contributed by atoms with E-state index < -0.39 is 0 Å². The monoisotopic (exact) mass is 285 g/mol. The van der Waals surface area contributed by atoms with Crippen molar-refractivity contribution in [2.75, 3.05) is 23.7 Å². The first-order valence-electron chi connectivity index (χ1n) is 7.27. The van der Waals surface area contributed by atoms with Gasteiger partial charge in [0.25, 0.3) is 0 Å². The first-order chi connectivity index (χ1) is 10.2. The van der Waals surface area contributed by atoms with Crippen LogP contribution in [-0.4, -0.2) is 38.2 Å². The molecule has 0 radical (unpaired) electrons. The summed E-state index contributed by atoms with van der Waals surface area (Å²) in [5, 5.41) is 8.52. The van der Waals surface area contributed by atoms with E-state index in [1.165, 1.54) is 0 Å². The van der Waals surface area contributed by atoms with Crippen LogP contribution in [0.3, 0.4) is 0 Å². The molecular formula is C14H19N7. The van der Waals surface area contributed by atoms with Crippen LogP contribution in [0.15, 0.2) is 12.3 Å². The molecule has 0 aromatic carbocycles. The molecule has 0 unspecified atom stereocenters. The fraction of sp³-hybridized carbons (Fsp3) is 0.500. The third-order valence-corrected chi connectivity index (χ3v) is 3.78. The minimum absolute atomic E-state index is 0.324. The van der Waals surface area contributed by atoms with Gasteiger partial charge in [0.1, 0.15) is 0 Å². The van der Waals surface area contributed by atoms with Gasteiger partial charge in [0.2, 0.25) is 11.9 Å². The zero-order valence-electron chi connectivity index (χ0n) is 12.3. The van der Waals surface area contributed by atoms with Gasteiger partial charge in [0.15, 0.2) is 0 Å². The van der Waals surface area contributed by atoms with Gasteiger partial charge in [-0.15, -0.1) is 5.10 Å². The number of nitrogens with two attached hydrogens (primary N) is 1. The summed E-state index contributed by atoms with van der Waals surface area (Å²) in [6.07, 6.45) is 3.45. The maximum atomic E-state index is 5.62. The molecule has 0 spiro atoms. The third kappa shape index (κ3) is 2.63. The van der Waals surface area contributed by atoms with Crippen LogP contribution in [0, 0.1) is 0 Å². The lowest BCUT2D eigenvalue weighted by atomic mass is 9.96. The molecule has 110 valence electrons. The number of aryl methyl sites for hydroxylation is 2. The Morgan fingerprint density at radius 3 is 2.57 bits per heavy atom. The molecule has 0 bridgehead atoms. The number of nitrogen functional groups attached to an aromatic ring is 1. The Bertz CT molecular complexity index is 637. The van der Waals surface area contributed by atoms with Gasteiger partial charge < -0.3 is 10.6 Å². The van der Waals surface area contributed by atoms with Crippen LogP contribution in [0.5, 0.6) is 0 Å². The third-order valence-electron chi connectivity index (χ3n) is 3.78. The number of hydrogen-bond acceptors (Lipinski definition) is 7. The Balaban J connectivity index is 1.71. The van der Waals surface area contributed by atoms with Crippen molar-refractivity contribution in [1.29, 1.82) is 0 Å². The number of hydrogen-bond donors (Lipinski definition) is 1. The minimum atomic E-state index is 0.324. The van der Waals surface area contributed by atoms with Gasteiger partial charge in [-0.3, -0.25) is 0 Å². The van der Waals surface area contributed by atoms with E-state index >= 15 is 0 Å². The molecule has 2 N–H and O–H groups in total. The Kier molecular flexibility index (Phi) is 3.64. The van der Waals surface area contributed by atoms with Crippen LogP contribution >= 0.6 is 0 Å². The highest BCUT2D eigenvalue weighted by Crippen LogP contribution is 2.28. The lowest BCUT2D eigenvalue weighted by molar-refractivity contribution is 0.498. The molecule has 3 rings (SSSR count). The highest BCUT2D eigenvalue weighted by Gasteiger charge is 2.31. The Morgan fingerprint density at radius 2 is 1.90 bits per heavy atom. The smallest absolute Gasteiger partial charge is 0.245 e. The van der Waals surface area contributed by atoms with Crippen molar-refractivity contribution in [1.82, 2.24) is 25.1 Å². The molecule has 0 atom stereocenters. The second kappa shape index (κ2) is 5.59. The van der Waals surface area contributed by atoms with E-state index in [2.05, 4.69) is 43.9 Å². The Labute approximate surface area is 123 Å². The summed E-state index contributed by atoms with van der Waals surface area (Å²) in [5.74, 6) is 1.39. The second-order valence-corrected chi connectivity index (χ2v) is 5.15. The quantitative estimate of drug-likeness (QED) is 0.894. The Morgan fingerprint density at radius 1 is 1.14 bits per heavy atom. The van der Waals surface area contributed by atoms with Crippen molar-refractivity contribution in [2.45, 2.75) is 32.6 Å². The molecule has 7 heteroatoms. The summed E-state index contributed by atoms with van der Waals surface area (Å²) in [4.78, 5) is 14.9. The zero-order chi connectivity index (χ0) is 14.8. The summed E-state index contributed by atoms with van der Waals surface area (Å²) in [6, 6.07) is 1.91. The van der Waals surface area contributed by atoms with Gasteiger partial charge in [-0.05, 0) is 18.9 Å². The van der Waals surface area contributed by atoms with Crippen molar-refractivity contribution < 1.29 is 0 Å². The van der Waals surface area contributed by atoms with Crippen LogP contribution in [0.4, 0.5) is 11.9 Å². The predicted molar refractivity (Wildman–Crippen MR) is 80.0 cm³/mol. The summed E-state index contributed by atoms with van der Waals surface area (Å²) in [5.41, 5.74) is 8.63. The predicted octanol–water partition coefficient (Wildman–Crippen LogP) is 0.972. The van der Waals surface area contributed by atoms with Crippen LogP contribution in [0.2, 0.25) is 0 Å². The van der Waals surface area contributed by atoms with E-state index in [4.69, 9.17) is 5.73 Å². The van der Waals surface area contributed by atoms with Crippen LogP contribution in [0.25, 0.3) is 0 Å². The van der Waals surface area contributed by atoms with Crippen molar-refractivity contribution in [3.8, 4) is 0 Å². The van der Waals surface area contributed by atoms with E-state index in [-0.39, 0.29) is 0 Å². The SMILES string of the molecule is CCc1nnc(N2CC(c3ccnc(N)n3)C2)nc1CC. The first-order valence-corrected chi connectivity index (χ1v) is 7.27. The molecule has 7 nitrogen and oxygen atoms in total. The number of anilines is 2. The van der Waals surface area contributed by atoms with E-state index in [9.17, 15) is 0 Å². The lowest BCUT2D eigenvalue weighted by Gasteiger charge is -2.38. The van der Waals surface area contributed by atoms with Crippen LogP contribution in [-0.2, 0) is 12.8 Å². The van der Waals surface area contributed by atoms with Gasteiger partial charge >= 0.3 is 0 Å². The molecule has 1 aliphatic heterocycles. The number of aromatic nitrogens is 5. The topological polar surface area (TPSA) is 93.7 Å². The van der Waals surface area contributed by atoms with E-state index in [0.717, 1.165) is 43.0 Å². The van der Waals surface area contributed by atoms with Crippen molar-refractivity contribution in [3.63, 3.8) is 0 Å². The largest absolute Gasteiger partial charge is 0.368 e. The fourth-order valence-corrected chi connectivity index (χ4v) is 2.51. The van der Waals surface area contributed by atoms with Gasteiger partial charge in [-0.2, -0.15) is 5.10 Å². The van der Waals surface area contributed by atoms with Crippen LogP contribution in [0.1, 0.15) is 36.8 Å². The van der Waals surface area contributed by atoms with Crippen molar-refractivity contribution in [3.05, 3.63) is 29.3 Å². The highest BCUT2D eigenvalue weighted by molar-refractivity contribution is 5.38. The van der Waals surface area contributed by atoms with Gasteiger partial charge in [0, 0.05) is 25.2 Å². The van der Waals surface area contributed by atoms with E-state index in [0.29, 0.717) is 17.8 Å². The fourth-order valence-electron chi connectivity index (χ4n) is 2.51. The molecule has 21 heavy (non-hydrogen) atoms. The number of rotatable bonds is 4. The molecule has 3 heterocycles. The maximum absolute atomic E-state index is 5.62. The normalized spacial score (nSPS) is 15.0. The molecule has 1 fully saturated rings. The van der Waals surface area contributed by atoms with Crippen molar-refractivity contribution in [2.24, 2.45) is 0 Å². The molecule has 0 aliphatic carbocycles. The standard InChI is InChI=1S/C14H19N7/c1-3-10-11(4-2)19-20-14(18-10)21-7-9(8-21)12-5-6-16-13(15)17-12/h5-6,9H,3-4,7-8H2,1-2H3,(H2,15,16,17). The molecule has 2 aromatic rings. The minimum Gasteiger partial charge on any atom is -0.368 e. The zero-order valence-corrected chi connectivity index (χ0v) is 12.3. The van der Waals surface area contributed by atoms with Gasteiger partial charge in [-0.25, -0.2) is 15.0 Å². The highest BCUT2D eigenvalue weighted by atomic mass is 15.4. The van der Waals surface area contributed by atoms with E-state index in [1.807, 2.05) is 6.07 Å². The van der Waals surface area contributed by atoms with Gasteiger partial charge in [-0.1, -0.05) is 13.8 Å². The van der Waals surface area contributed by atoms with E-state index in [1.54, 1.807) is 6.20 Å². The summed E-state index contributed by atoms with van der Waals surface area (Å²) in [6.45, 7) is 5.85. The average molecular weight is 285 g/mol. The molecular weight excluding hydrogens is 266 g/mol. The summed E-state index contributed by atoms with van der Waals surface area (Å²) < 4.78 is 0. The number of nitrogens with zero attached hydrogens (tertiary/aromatic N) is 6. The lowest BCUT2D eigenvalue weighted by Crippen LogP contribution is -2.46. The maximum Gasteiger partial charge on any atom is 0.245 e. The van der Waals surface area contributed by atoms with Gasteiger partial charge in [0.05, 0.1) is 17.1 Å². The molecule has 2 aromatic heterocycles. The van der Waals surface area contributed by atoms with Crippen LogP contribution < -0.4 is 10.6 Å². The molecule has 0 saturated carbocycles. The molecule has 1 saturated heterocycles. The molecule has 0 amide bonds. The second-order valence-electron chi connectivity index (χ2n) is 5.15. The summed E-state index contributed by atoms with van der Waals surface area (Å²) in [7, 11) is 0. The Hall–Kier alpha value is -2.31. The summed E-state index contributed by atoms with van der Waals surface area (Å²) >= 11 is 0. The first kappa shape index (κ1) is 13.7.